The first kappa shape index (κ1) is 17.6. The van der Waals surface area contributed by atoms with Crippen LogP contribution in [-0.4, -0.2) is 58.4 Å². The fraction of sp³-hybridized carbons (Fsp3) is 0.611. The van der Waals surface area contributed by atoms with Gasteiger partial charge in [-0.2, -0.15) is 0 Å². The third-order valence-electron chi connectivity index (χ3n) is 4.06. The molecule has 5 heteroatoms. The number of ether oxygens (including phenoxy) is 2. The molecule has 0 radical (unpaired) electrons. The number of nitrogens with one attached hydrogen (secondary N) is 1. The monoisotopic (exact) mass is 319 g/mol. The van der Waals surface area contributed by atoms with Crippen molar-refractivity contribution in [1.29, 1.82) is 0 Å². The molecule has 1 saturated carbocycles. The molecule has 23 heavy (non-hydrogen) atoms. The third kappa shape index (κ3) is 6.10. The lowest BCUT2D eigenvalue weighted by Gasteiger charge is -2.22. The van der Waals surface area contributed by atoms with E-state index in [0.29, 0.717) is 0 Å². The van der Waals surface area contributed by atoms with Crippen LogP contribution in [0, 0.1) is 5.92 Å². The number of likely N-dealkylation sites (N-methyl/N-ethyl adjacent to an activating group) is 1. The van der Waals surface area contributed by atoms with Gasteiger partial charge in [0.25, 0.3) is 0 Å². The maximum Gasteiger partial charge on any atom is 0.193 e. The van der Waals surface area contributed by atoms with E-state index in [-0.39, 0.29) is 0 Å². The van der Waals surface area contributed by atoms with E-state index in [0.717, 1.165) is 50.4 Å². The molecule has 5 nitrogen and oxygen atoms in total. The highest BCUT2D eigenvalue weighted by Gasteiger charge is 2.21. The SMILES string of the molecule is CN=C(NCCc1ccccc1OC)N(C)CCOCC1CC1. The van der Waals surface area contributed by atoms with Gasteiger partial charge in [-0.05, 0) is 36.8 Å². The molecule has 1 fully saturated rings. The van der Waals surface area contributed by atoms with Crippen LogP contribution in [-0.2, 0) is 11.2 Å². The normalized spacial score (nSPS) is 14.7. The van der Waals surface area contributed by atoms with Gasteiger partial charge in [0.05, 0.1) is 13.7 Å². The van der Waals surface area contributed by atoms with Crippen LogP contribution in [0.3, 0.4) is 0 Å². The maximum absolute atomic E-state index is 5.69. The van der Waals surface area contributed by atoms with Crippen molar-refractivity contribution < 1.29 is 9.47 Å². The number of methoxy groups -OCH3 is 1. The Hall–Kier alpha value is -1.75. The molecular formula is C18H29N3O2. The molecule has 0 aliphatic heterocycles. The summed E-state index contributed by atoms with van der Waals surface area (Å²) in [4.78, 5) is 6.44. The molecule has 128 valence electrons. The van der Waals surface area contributed by atoms with Crippen LogP contribution in [0.4, 0.5) is 0 Å². The summed E-state index contributed by atoms with van der Waals surface area (Å²) in [5, 5.41) is 3.40. The Kier molecular flexibility index (Phi) is 7.20. The van der Waals surface area contributed by atoms with E-state index >= 15 is 0 Å². The summed E-state index contributed by atoms with van der Waals surface area (Å²) in [5.74, 6) is 2.65. The molecule has 1 aliphatic rings. The predicted octanol–water partition coefficient (Wildman–Crippen LogP) is 2.17. The maximum atomic E-state index is 5.69. The molecule has 0 heterocycles. The van der Waals surface area contributed by atoms with E-state index in [9.17, 15) is 0 Å². The molecule has 0 bridgehead atoms. The van der Waals surface area contributed by atoms with Crippen molar-refractivity contribution in [2.24, 2.45) is 10.9 Å². The second kappa shape index (κ2) is 9.40. The second-order valence-corrected chi connectivity index (χ2v) is 5.98. The number of rotatable bonds is 9. The first-order valence-corrected chi connectivity index (χ1v) is 8.36. The van der Waals surface area contributed by atoms with Crippen molar-refractivity contribution in [2.75, 3.05) is 47.5 Å². The minimum atomic E-state index is 0.750. The number of hydrogen-bond donors (Lipinski definition) is 1. The van der Waals surface area contributed by atoms with Gasteiger partial charge >= 0.3 is 0 Å². The zero-order valence-corrected chi connectivity index (χ0v) is 14.5. The summed E-state index contributed by atoms with van der Waals surface area (Å²) in [6.45, 7) is 3.33. The largest absolute Gasteiger partial charge is 0.496 e. The summed E-state index contributed by atoms with van der Waals surface area (Å²) >= 11 is 0. The van der Waals surface area contributed by atoms with Crippen molar-refractivity contribution in [3.05, 3.63) is 29.8 Å². The quantitative estimate of drug-likeness (QED) is 0.430. The lowest BCUT2D eigenvalue weighted by Crippen LogP contribution is -2.41. The fourth-order valence-electron chi connectivity index (χ4n) is 2.45. The Morgan fingerprint density at radius 2 is 2.13 bits per heavy atom. The highest BCUT2D eigenvalue weighted by atomic mass is 16.5. The Morgan fingerprint density at radius 3 is 2.83 bits per heavy atom. The van der Waals surface area contributed by atoms with Gasteiger partial charge in [-0.15, -0.1) is 0 Å². The van der Waals surface area contributed by atoms with Gasteiger partial charge in [0.1, 0.15) is 5.75 Å². The van der Waals surface area contributed by atoms with Gasteiger partial charge in [0.15, 0.2) is 5.96 Å². The molecular weight excluding hydrogens is 290 g/mol. The Balaban J connectivity index is 1.68. The average molecular weight is 319 g/mol. The van der Waals surface area contributed by atoms with Crippen LogP contribution in [0.15, 0.2) is 29.3 Å². The fourth-order valence-corrected chi connectivity index (χ4v) is 2.45. The first-order valence-electron chi connectivity index (χ1n) is 8.36. The smallest absolute Gasteiger partial charge is 0.193 e. The van der Waals surface area contributed by atoms with Gasteiger partial charge in [-0.25, -0.2) is 0 Å². The van der Waals surface area contributed by atoms with Crippen LogP contribution >= 0.6 is 0 Å². The topological polar surface area (TPSA) is 46.1 Å². The summed E-state index contributed by atoms with van der Waals surface area (Å²) in [6.07, 6.45) is 3.57. The summed E-state index contributed by atoms with van der Waals surface area (Å²) in [5.41, 5.74) is 1.20. The number of guanidine groups is 1. The van der Waals surface area contributed by atoms with Gasteiger partial charge in [-0.3, -0.25) is 4.99 Å². The number of aliphatic imine (C=N–C) groups is 1. The van der Waals surface area contributed by atoms with Crippen molar-refractivity contribution in [1.82, 2.24) is 10.2 Å². The Morgan fingerprint density at radius 1 is 1.35 bits per heavy atom. The van der Waals surface area contributed by atoms with Gasteiger partial charge in [0, 0.05) is 33.8 Å². The van der Waals surface area contributed by atoms with Crippen LogP contribution in [0.25, 0.3) is 0 Å². The standard InChI is InChI=1S/C18H29N3O2/c1-19-18(21(2)12-13-23-14-15-8-9-15)20-11-10-16-6-4-5-7-17(16)22-3/h4-7,15H,8-14H2,1-3H3,(H,19,20). The van der Waals surface area contributed by atoms with E-state index in [1.807, 2.05) is 32.3 Å². The van der Waals surface area contributed by atoms with Crippen molar-refractivity contribution in [3.63, 3.8) is 0 Å². The first-order chi connectivity index (χ1) is 11.2. The molecule has 0 unspecified atom stereocenters. The predicted molar refractivity (Wildman–Crippen MR) is 94.2 cm³/mol. The molecule has 0 spiro atoms. The Labute approximate surface area is 139 Å². The van der Waals surface area contributed by atoms with Gasteiger partial charge in [-0.1, -0.05) is 18.2 Å². The molecule has 0 saturated heterocycles. The van der Waals surface area contributed by atoms with E-state index in [2.05, 4.69) is 21.3 Å². The van der Waals surface area contributed by atoms with Gasteiger partial charge in [0.2, 0.25) is 0 Å². The zero-order chi connectivity index (χ0) is 16.5. The van der Waals surface area contributed by atoms with Crippen molar-refractivity contribution in [3.8, 4) is 5.75 Å². The lowest BCUT2D eigenvalue weighted by molar-refractivity contribution is 0.115. The molecule has 0 atom stereocenters. The number of nitrogens with zero attached hydrogens (tertiary/aromatic N) is 2. The van der Waals surface area contributed by atoms with E-state index < -0.39 is 0 Å². The van der Waals surface area contributed by atoms with Crippen LogP contribution in [0.5, 0.6) is 5.75 Å². The molecule has 1 aromatic carbocycles. The average Bonchev–Trinajstić information content (AvgIpc) is 3.40. The molecule has 2 rings (SSSR count). The number of benzene rings is 1. The molecule has 1 aromatic rings. The summed E-state index contributed by atoms with van der Waals surface area (Å²) in [6, 6.07) is 8.12. The lowest BCUT2D eigenvalue weighted by atomic mass is 10.1. The van der Waals surface area contributed by atoms with E-state index in [4.69, 9.17) is 9.47 Å². The molecule has 0 aromatic heterocycles. The highest BCUT2D eigenvalue weighted by Crippen LogP contribution is 2.28. The van der Waals surface area contributed by atoms with Crippen LogP contribution in [0.1, 0.15) is 18.4 Å². The van der Waals surface area contributed by atoms with Crippen LogP contribution < -0.4 is 10.1 Å². The van der Waals surface area contributed by atoms with Crippen LogP contribution in [0.2, 0.25) is 0 Å². The van der Waals surface area contributed by atoms with E-state index in [1.54, 1.807) is 7.11 Å². The number of hydrogen-bond acceptors (Lipinski definition) is 3. The van der Waals surface area contributed by atoms with Crippen molar-refractivity contribution in [2.45, 2.75) is 19.3 Å². The number of para-hydroxylation sites is 1. The van der Waals surface area contributed by atoms with E-state index in [1.165, 1.54) is 18.4 Å². The van der Waals surface area contributed by atoms with Crippen molar-refractivity contribution >= 4 is 5.96 Å². The second-order valence-electron chi connectivity index (χ2n) is 5.98. The Bertz CT molecular complexity index is 501. The minimum absolute atomic E-state index is 0.750. The molecule has 0 amide bonds. The summed E-state index contributed by atoms with van der Waals surface area (Å²) in [7, 11) is 5.56. The summed E-state index contributed by atoms with van der Waals surface area (Å²) < 4.78 is 11.1. The zero-order valence-electron chi connectivity index (χ0n) is 14.5. The van der Waals surface area contributed by atoms with Gasteiger partial charge < -0.3 is 19.7 Å². The third-order valence-corrected chi connectivity index (χ3v) is 4.06. The molecule has 1 N–H and O–H groups in total. The minimum Gasteiger partial charge on any atom is -0.496 e. The highest BCUT2D eigenvalue weighted by molar-refractivity contribution is 5.79. The molecule has 1 aliphatic carbocycles.